The maximum atomic E-state index is 11.3. The van der Waals surface area contributed by atoms with Crippen molar-refractivity contribution in [3.63, 3.8) is 0 Å². The predicted molar refractivity (Wildman–Crippen MR) is 73.3 cm³/mol. The molecule has 0 aliphatic rings. The van der Waals surface area contributed by atoms with E-state index < -0.39 is 11.5 Å². The van der Waals surface area contributed by atoms with Gasteiger partial charge in [-0.1, -0.05) is 18.7 Å². The molecule has 0 bridgehead atoms. The lowest BCUT2D eigenvalue weighted by atomic mass is 9.92. The summed E-state index contributed by atoms with van der Waals surface area (Å²) in [4.78, 5) is 22.4. The first-order valence-corrected chi connectivity index (χ1v) is 7.23. The standard InChI is InChI=1S/C11H20N4O3S/c1-3-11(12,8(16)17)6-5-7-19-10-14-13-9(18)15(10)4-2/h3-7,12H2,1-2H3,(H,13,18)(H,16,17). The van der Waals surface area contributed by atoms with E-state index in [1.807, 2.05) is 6.92 Å². The molecule has 0 amide bonds. The van der Waals surface area contributed by atoms with Gasteiger partial charge in [0, 0.05) is 12.3 Å². The van der Waals surface area contributed by atoms with E-state index >= 15 is 0 Å². The van der Waals surface area contributed by atoms with E-state index in [1.165, 1.54) is 16.3 Å². The molecular formula is C11H20N4O3S. The van der Waals surface area contributed by atoms with E-state index in [4.69, 9.17) is 10.8 Å². The van der Waals surface area contributed by atoms with Crippen LogP contribution in [0.15, 0.2) is 9.95 Å². The maximum absolute atomic E-state index is 11.3. The highest BCUT2D eigenvalue weighted by Crippen LogP contribution is 2.20. The van der Waals surface area contributed by atoms with Crippen LogP contribution >= 0.6 is 11.8 Å². The van der Waals surface area contributed by atoms with Crippen molar-refractivity contribution in [3.05, 3.63) is 10.5 Å². The zero-order valence-electron chi connectivity index (χ0n) is 11.2. The zero-order chi connectivity index (χ0) is 14.5. The van der Waals surface area contributed by atoms with Crippen LogP contribution in [0.4, 0.5) is 0 Å². The minimum absolute atomic E-state index is 0.225. The Kier molecular flexibility index (Phi) is 5.61. The first-order chi connectivity index (χ1) is 8.94. The molecule has 8 heteroatoms. The summed E-state index contributed by atoms with van der Waals surface area (Å²) in [6.07, 6.45) is 1.47. The summed E-state index contributed by atoms with van der Waals surface area (Å²) in [7, 11) is 0. The Morgan fingerprint density at radius 3 is 2.79 bits per heavy atom. The minimum atomic E-state index is -1.16. The van der Waals surface area contributed by atoms with Crippen LogP contribution in [0.2, 0.25) is 0 Å². The highest BCUT2D eigenvalue weighted by Gasteiger charge is 2.30. The van der Waals surface area contributed by atoms with E-state index in [0.717, 1.165) is 0 Å². The van der Waals surface area contributed by atoms with E-state index in [-0.39, 0.29) is 5.69 Å². The number of carboxylic acids is 1. The molecule has 0 spiro atoms. The third kappa shape index (κ3) is 3.84. The van der Waals surface area contributed by atoms with E-state index in [1.54, 1.807) is 6.92 Å². The number of nitrogens with zero attached hydrogens (tertiary/aromatic N) is 2. The molecule has 1 rings (SSSR count). The Morgan fingerprint density at radius 1 is 1.58 bits per heavy atom. The average Bonchev–Trinajstić information content (AvgIpc) is 2.74. The number of nitrogens with one attached hydrogen (secondary N) is 1. The number of carbonyl (C=O) groups is 1. The molecule has 4 N–H and O–H groups in total. The monoisotopic (exact) mass is 288 g/mol. The number of thioether (sulfide) groups is 1. The summed E-state index contributed by atoms with van der Waals surface area (Å²) in [6, 6.07) is 0. The lowest BCUT2D eigenvalue weighted by Crippen LogP contribution is -2.47. The van der Waals surface area contributed by atoms with Gasteiger partial charge in [0.25, 0.3) is 0 Å². The van der Waals surface area contributed by atoms with Gasteiger partial charge in [-0.05, 0) is 26.2 Å². The van der Waals surface area contributed by atoms with E-state index in [2.05, 4.69) is 10.2 Å². The number of hydrogen-bond acceptors (Lipinski definition) is 5. The van der Waals surface area contributed by atoms with Crippen molar-refractivity contribution in [2.45, 2.75) is 50.4 Å². The summed E-state index contributed by atoms with van der Waals surface area (Å²) in [6.45, 7) is 4.19. The van der Waals surface area contributed by atoms with Gasteiger partial charge in [0.1, 0.15) is 5.54 Å². The van der Waals surface area contributed by atoms with Crippen LogP contribution in [0, 0.1) is 0 Å². The van der Waals surface area contributed by atoms with E-state index in [0.29, 0.717) is 36.7 Å². The van der Waals surface area contributed by atoms with Crippen LogP contribution in [0.3, 0.4) is 0 Å². The van der Waals surface area contributed by atoms with Crippen LogP contribution in [0.25, 0.3) is 0 Å². The number of aromatic amines is 1. The molecule has 108 valence electrons. The number of H-pyrrole nitrogens is 1. The van der Waals surface area contributed by atoms with Gasteiger partial charge in [0.05, 0.1) is 0 Å². The third-order valence-corrected chi connectivity index (χ3v) is 4.16. The molecule has 0 aliphatic heterocycles. The van der Waals surface area contributed by atoms with Gasteiger partial charge in [-0.3, -0.25) is 9.36 Å². The quantitative estimate of drug-likeness (QED) is 0.478. The van der Waals surface area contributed by atoms with Gasteiger partial charge < -0.3 is 10.8 Å². The Bertz CT molecular complexity index is 485. The average molecular weight is 288 g/mol. The number of rotatable bonds is 8. The molecule has 1 unspecified atom stereocenters. The fourth-order valence-electron chi connectivity index (χ4n) is 1.68. The van der Waals surface area contributed by atoms with Crippen molar-refractivity contribution in [2.75, 3.05) is 5.75 Å². The second-order valence-corrected chi connectivity index (χ2v) is 5.38. The molecule has 1 aromatic heterocycles. The number of carboxylic acid groups (broad SMARTS) is 1. The summed E-state index contributed by atoms with van der Waals surface area (Å²) in [5.74, 6) is -0.290. The van der Waals surface area contributed by atoms with Crippen LogP contribution in [0.1, 0.15) is 33.1 Å². The molecule has 0 aliphatic carbocycles. The summed E-state index contributed by atoms with van der Waals surface area (Å²) < 4.78 is 1.54. The molecule has 1 atom stereocenters. The summed E-state index contributed by atoms with van der Waals surface area (Å²) in [5.41, 5.74) is 4.41. The number of aromatic nitrogens is 3. The zero-order valence-corrected chi connectivity index (χ0v) is 12.0. The molecule has 0 saturated heterocycles. The van der Waals surface area contributed by atoms with Crippen LogP contribution in [-0.2, 0) is 11.3 Å². The van der Waals surface area contributed by atoms with Gasteiger partial charge in [0.2, 0.25) is 0 Å². The Morgan fingerprint density at radius 2 is 2.26 bits per heavy atom. The molecular weight excluding hydrogens is 268 g/mol. The van der Waals surface area contributed by atoms with Gasteiger partial charge in [0.15, 0.2) is 5.16 Å². The lowest BCUT2D eigenvalue weighted by molar-refractivity contribution is -0.143. The summed E-state index contributed by atoms with van der Waals surface area (Å²) in [5, 5.41) is 16.0. The van der Waals surface area contributed by atoms with Crippen LogP contribution in [0.5, 0.6) is 0 Å². The van der Waals surface area contributed by atoms with Crippen molar-refractivity contribution in [2.24, 2.45) is 5.73 Å². The Hall–Kier alpha value is -1.28. The maximum Gasteiger partial charge on any atom is 0.343 e. The first kappa shape index (κ1) is 15.8. The normalized spacial score (nSPS) is 14.3. The predicted octanol–water partition coefficient (Wildman–Crippen LogP) is 0.656. The second-order valence-electron chi connectivity index (χ2n) is 4.32. The van der Waals surface area contributed by atoms with Gasteiger partial charge >= 0.3 is 11.7 Å². The number of hydrogen-bond donors (Lipinski definition) is 3. The Labute approximate surface area is 115 Å². The molecule has 7 nitrogen and oxygen atoms in total. The smallest absolute Gasteiger partial charge is 0.343 e. The molecule has 1 aromatic rings. The van der Waals surface area contributed by atoms with Gasteiger partial charge in [-0.15, -0.1) is 5.10 Å². The largest absolute Gasteiger partial charge is 0.480 e. The van der Waals surface area contributed by atoms with Crippen molar-refractivity contribution < 1.29 is 9.90 Å². The van der Waals surface area contributed by atoms with E-state index in [9.17, 15) is 9.59 Å². The van der Waals surface area contributed by atoms with Crippen molar-refractivity contribution in [1.82, 2.24) is 14.8 Å². The minimum Gasteiger partial charge on any atom is -0.480 e. The number of nitrogens with two attached hydrogens (primary N) is 1. The lowest BCUT2D eigenvalue weighted by Gasteiger charge is -2.22. The number of aliphatic carboxylic acids is 1. The van der Waals surface area contributed by atoms with Crippen molar-refractivity contribution in [1.29, 1.82) is 0 Å². The fraction of sp³-hybridized carbons (Fsp3) is 0.727. The van der Waals surface area contributed by atoms with Gasteiger partial charge in [-0.25, -0.2) is 9.89 Å². The molecule has 1 heterocycles. The SMILES string of the molecule is CCn1c(SCCCC(N)(CC)C(=O)O)n[nH]c1=O. The van der Waals surface area contributed by atoms with Gasteiger partial charge in [-0.2, -0.15) is 0 Å². The highest BCUT2D eigenvalue weighted by molar-refractivity contribution is 7.99. The molecule has 0 aromatic carbocycles. The molecule has 0 radical (unpaired) electrons. The second kappa shape index (κ2) is 6.76. The Balaban J connectivity index is 2.47. The molecule has 0 saturated carbocycles. The van der Waals surface area contributed by atoms with Crippen LogP contribution < -0.4 is 11.4 Å². The van der Waals surface area contributed by atoms with Crippen LogP contribution in [-0.4, -0.2) is 37.1 Å². The third-order valence-electron chi connectivity index (χ3n) is 3.09. The molecule has 19 heavy (non-hydrogen) atoms. The van der Waals surface area contributed by atoms with Crippen molar-refractivity contribution >= 4 is 17.7 Å². The van der Waals surface area contributed by atoms with Crippen molar-refractivity contribution in [3.8, 4) is 0 Å². The topological polar surface area (TPSA) is 114 Å². The fourth-order valence-corrected chi connectivity index (χ4v) is 2.63. The first-order valence-electron chi connectivity index (χ1n) is 6.25. The summed E-state index contributed by atoms with van der Waals surface area (Å²) >= 11 is 1.43. The molecule has 0 fully saturated rings. The highest BCUT2D eigenvalue weighted by atomic mass is 32.2.